The zero-order valence-electron chi connectivity index (χ0n) is 15.0. The maximum atomic E-state index is 12.0. The van der Waals surface area contributed by atoms with Crippen LogP contribution in [0.5, 0.6) is 0 Å². The number of piperidine rings is 1. The van der Waals surface area contributed by atoms with Gasteiger partial charge in [-0.15, -0.1) is 0 Å². The Labute approximate surface area is 160 Å². The van der Waals surface area contributed by atoms with E-state index in [0.29, 0.717) is 6.54 Å². The highest BCUT2D eigenvalue weighted by Gasteiger charge is 2.09. The third kappa shape index (κ3) is 5.75. The average Bonchev–Trinajstić information content (AvgIpc) is 2.67. The quantitative estimate of drug-likeness (QED) is 0.701. The number of benzene rings is 2. The van der Waals surface area contributed by atoms with Crippen LogP contribution in [0.2, 0.25) is 5.02 Å². The Bertz CT molecular complexity index is 694. The molecule has 1 aliphatic heterocycles. The molecular weight excluding hydrogens is 346 g/mol. The van der Waals surface area contributed by atoms with Crippen LogP contribution in [0, 0.1) is 0 Å². The molecule has 1 aliphatic rings. The van der Waals surface area contributed by atoms with Crippen molar-refractivity contribution in [3.8, 4) is 11.1 Å². The first-order valence-electron chi connectivity index (χ1n) is 9.34. The Morgan fingerprint density at radius 3 is 2.19 bits per heavy atom. The highest BCUT2D eigenvalue weighted by molar-refractivity contribution is 6.30. The van der Waals surface area contributed by atoms with Gasteiger partial charge >= 0.3 is 6.03 Å². The van der Waals surface area contributed by atoms with Gasteiger partial charge in [0.25, 0.3) is 0 Å². The Kier molecular flexibility index (Phi) is 6.92. The van der Waals surface area contributed by atoms with Gasteiger partial charge < -0.3 is 15.5 Å². The van der Waals surface area contributed by atoms with E-state index in [-0.39, 0.29) is 6.03 Å². The minimum Gasteiger partial charge on any atom is -0.338 e. The number of rotatable bonds is 6. The Morgan fingerprint density at radius 1 is 0.923 bits per heavy atom. The lowest BCUT2D eigenvalue weighted by atomic mass is 10.1. The summed E-state index contributed by atoms with van der Waals surface area (Å²) >= 11 is 5.92. The summed E-state index contributed by atoms with van der Waals surface area (Å²) in [6.45, 7) is 4.17. The second-order valence-corrected chi connectivity index (χ2v) is 7.16. The molecule has 0 unspecified atom stereocenters. The van der Waals surface area contributed by atoms with Crippen LogP contribution in [0.3, 0.4) is 0 Å². The summed E-state index contributed by atoms with van der Waals surface area (Å²) in [6.07, 6.45) is 4.96. The average molecular weight is 372 g/mol. The van der Waals surface area contributed by atoms with Crippen LogP contribution in [0.15, 0.2) is 48.5 Å². The summed E-state index contributed by atoms with van der Waals surface area (Å²) in [5.74, 6) is 0. The molecule has 5 heteroatoms. The minimum atomic E-state index is -0.150. The van der Waals surface area contributed by atoms with E-state index >= 15 is 0 Å². The molecule has 4 nitrogen and oxygen atoms in total. The molecule has 2 N–H and O–H groups in total. The number of likely N-dealkylation sites (tertiary alicyclic amines) is 1. The summed E-state index contributed by atoms with van der Waals surface area (Å²) in [5, 5.41) is 6.54. The molecule has 0 atom stereocenters. The molecule has 2 amide bonds. The van der Waals surface area contributed by atoms with Crippen LogP contribution >= 0.6 is 11.6 Å². The highest BCUT2D eigenvalue weighted by atomic mass is 35.5. The van der Waals surface area contributed by atoms with Crippen molar-refractivity contribution in [1.82, 2.24) is 10.2 Å². The molecule has 26 heavy (non-hydrogen) atoms. The summed E-state index contributed by atoms with van der Waals surface area (Å²) in [5.41, 5.74) is 2.98. The molecule has 1 fully saturated rings. The molecular formula is C21H26ClN3O. The molecule has 1 heterocycles. The van der Waals surface area contributed by atoms with Crippen LogP contribution in [-0.2, 0) is 0 Å². The largest absolute Gasteiger partial charge is 0.338 e. The fourth-order valence-corrected chi connectivity index (χ4v) is 3.38. The van der Waals surface area contributed by atoms with E-state index in [1.54, 1.807) is 0 Å². The third-order valence-corrected chi connectivity index (χ3v) is 4.96. The predicted octanol–water partition coefficient (Wildman–Crippen LogP) is 5.00. The van der Waals surface area contributed by atoms with Gasteiger partial charge in [0.15, 0.2) is 0 Å². The number of anilines is 1. The van der Waals surface area contributed by atoms with Crippen LogP contribution in [-0.4, -0.2) is 37.1 Å². The first-order valence-corrected chi connectivity index (χ1v) is 9.72. The van der Waals surface area contributed by atoms with E-state index in [1.165, 1.54) is 32.4 Å². The zero-order valence-corrected chi connectivity index (χ0v) is 15.8. The number of halogens is 1. The topological polar surface area (TPSA) is 44.4 Å². The van der Waals surface area contributed by atoms with Crippen molar-refractivity contribution in [1.29, 1.82) is 0 Å². The number of hydrogen-bond acceptors (Lipinski definition) is 2. The zero-order chi connectivity index (χ0) is 18.2. The number of amides is 2. The second kappa shape index (κ2) is 9.60. The molecule has 1 saturated heterocycles. The Morgan fingerprint density at radius 2 is 1.54 bits per heavy atom. The van der Waals surface area contributed by atoms with E-state index in [9.17, 15) is 4.79 Å². The fourth-order valence-electron chi connectivity index (χ4n) is 3.25. The lowest BCUT2D eigenvalue weighted by Crippen LogP contribution is -2.34. The smallest absolute Gasteiger partial charge is 0.319 e. The van der Waals surface area contributed by atoms with Crippen molar-refractivity contribution >= 4 is 23.3 Å². The summed E-state index contributed by atoms with van der Waals surface area (Å²) in [6, 6.07) is 15.4. The van der Waals surface area contributed by atoms with Crippen LogP contribution in [0.25, 0.3) is 11.1 Å². The van der Waals surface area contributed by atoms with Gasteiger partial charge in [0.2, 0.25) is 0 Å². The first-order chi connectivity index (χ1) is 12.7. The normalized spacial score (nSPS) is 14.8. The molecule has 2 aromatic rings. The summed E-state index contributed by atoms with van der Waals surface area (Å²) < 4.78 is 0. The number of carbonyl (C=O) groups excluding carboxylic acids is 1. The Hall–Kier alpha value is -2.04. The molecule has 0 aromatic heterocycles. The van der Waals surface area contributed by atoms with Gasteiger partial charge in [0.05, 0.1) is 0 Å². The van der Waals surface area contributed by atoms with Crippen molar-refractivity contribution in [3.63, 3.8) is 0 Å². The maximum absolute atomic E-state index is 12.0. The van der Waals surface area contributed by atoms with E-state index in [4.69, 9.17) is 11.6 Å². The van der Waals surface area contributed by atoms with E-state index in [1.807, 2.05) is 48.5 Å². The van der Waals surface area contributed by atoms with Gasteiger partial charge in [-0.05, 0) is 74.3 Å². The number of urea groups is 1. The van der Waals surface area contributed by atoms with Gasteiger partial charge in [-0.1, -0.05) is 42.3 Å². The summed E-state index contributed by atoms with van der Waals surface area (Å²) in [4.78, 5) is 14.5. The van der Waals surface area contributed by atoms with Gasteiger partial charge in [0, 0.05) is 17.3 Å². The SMILES string of the molecule is O=C(NCCCN1CCCCC1)Nc1ccc(-c2ccc(Cl)cc2)cc1. The lowest BCUT2D eigenvalue weighted by molar-refractivity contribution is 0.224. The molecule has 138 valence electrons. The predicted molar refractivity (Wildman–Crippen MR) is 109 cm³/mol. The standard InChI is InChI=1S/C21H26ClN3O/c22-19-9-5-17(6-10-19)18-7-11-20(12-8-18)24-21(26)23-13-4-16-25-14-2-1-3-15-25/h5-12H,1-4,13-16H2,(H2,23,24,26). The molecule has 0 radical (unpaired) electrons. The number of hydrogen-bond donors (Lipinski definition) is 2. The summed E-state index contributed by atoms with van der Waals surface area (Å²) in [7, 11) is 0. The van der Waals surface area contributed by atoms with Gasteiger partial charge in [0.1, 0.15) is 0 Å². The van der Waals surface area contributed by atoms with Crippen molar-refractivity contribution in [2.24, 2.45) is 0 Å². The lowest BCUT2D eigenvalue weighted by Gasteiger charge is -2.26. The third-order valence-electron chi connectivity index (χ3n) is 4.71. The minimum absolute atomic E-state index is 0.150. The van der Waals surface area contributed by atoms with Crippen LogP contribution < -0.4 is 10.6 Å². The molecule has 0 saturated carbocycles. The van der Waals surface area contributed by atoms with Gasteiger partial charge in [-0.25, -0.2) is 4.79 Å². The van der Waals surface area contributed by atoms with E-state index in [0.717, 1.165) is 34.8 Å². The molecule has 0 spiro atoms. The van der Waals surface area contributed by atoms with E-state index in [2.05, 4.69) is 15.5 Å². The highest BCUT2D eigenvalue weighted by Crippen LogP contribution is 2.23. The van der Waals surface area contributed by atoms with Crippen molar-refractivity contribution < 1.29 is 4.79 Å². The van der Waals surface area contributed by atoms with Gasteiger partial charge in [-0.2, -0.15) is 0 Å². The Balaban J connectivity index is 1.40. The van der Waals surface area contributed by atoms with Gasteiger partial charge in [-0.3, -0.25) is 0 Å². The van der Waals surface area contributed by atoms with Crippen molar-refractivity contribution in [2.75, 3.05) is 31.5 Å². The molecule has 2 aromatic carbocycles. The number of nitrogens with one attached hydrogen (secondary N) is 2. The monoisotopic (exact) mass is 371 g/mol. The maximum Gasteiger partial charge on any atom is 0.319 e. The van der Waals surface area contributed by atoms with E-state index < -0.39 is 0 Å². The fraction of sp³-hybridized carbons (Fsp3) is 0.381. The van der Waals surface area contributed by atoms with Crippen molar-refractivity contribution in [3.05, 3.63) is 53.6 Å². The first kappa shape index (κ1) is 18.7. The van der Waals surface area contributed by atoms with Crippen LogP contribution in [0.1, 0.15) is 25.7 Å². The molecule has 0 bridgehead atoms. The number of nitrogens with zero attached hydrogens (tertiary/aromatic N) is 1. The van der Waals surface area contributed by atoms with Crippen molar-refractivity contribution in [2.45, 2.75) is 25.7 Å². The molecule has 3 rings (SSSR count). The second-order valence-electron chi connectivity index (χ2n) is 6.72. The van der Waals surface area contributed by atoms with Crippen LogP contribution in [0.4, 0.5) is 10.5 Å². The number of carbonyl (C=O) groups is 1. The molecule has 0 aliphatic carbocycles.